The van der Waals surface area contributed by atoms with Gasteiger partial charge in [0.15, 0.2) is 5.11 Å². The zero-order chi connectivity index (χ0) is 18.6. The van der Waals surface area contributed by atoms with Crippen molar-refractivity contribution in [1.29, 1.82) is 0 Å². The number of hydrogen-bond donors (Lipinski definition) is 2. The Balaban J connectivity index is 1.63. The number of benzene rings is 2. The number of hydrogen-bond acceptors (Lipinski definition) is 3. The molecule has 26 heavy (non-hydrogen) atoms. The summed E-state index contributed by atoms with van der Waals surface area (Å²) in [5.74, 6) is 0.610. The van der Waals surface area contributed by atoms with Crippen LogP contribution in [0, 0.1) is 0 Å². The summed E-state index contributed by atoms with van der Waals surface area (Å²) in [6.45, 7) is 1.73. The third-order valence-electron chi connectivity index (χ3n) is 3.82. The molecule has 0 saturated carbocycles. The van der Waals surface area contributed by atoms with Gasteiger partial charge in [0, 0.05) is 18.8 Å². The van der Waals surface area contributed by atoms with Gasteiger partial charge in [-0.2, -0.15) is 13.2 Å². The molecule has 0 atom stereocenters. The average molecular weight is 378 g/mol. The van der Waals surface area contributed by atoms with E-state index in [2.05, 4.69) is 15.6 Å². The van der Waals surface area contributed by atoms with Gasteiger partial charge in [-0.1, -0.05) is 36.4 Å². The Morgan fingerprint density at radius 3 is 2.62 bits per heavy atom. The van der Waals surface area contributed by atoms with Crippen LogP contribution in [0.1, 0.15) is 11.1 Å². The van der Waals surface area contributed by atoms with E-state index >= 15 is 0 Å². The van der Waals surface area contributed by atoms with Crippen molar-refractivity contribution >= 4 is 29.0 Å². The standard InChI is InChI=1S/C18H17F3N4S/c19-18(20,21)14-7-4-8-15(11-14)24-17(26)25-10-9-22-16(25)23-12-13-5-2-1-3-6-13/h1-8,11H,9-10,12H2,(H,22,23)(H,24,26). The topological polar surface area (TPSA) is 39.7 Å². The highest BCUT2D eigenvalue weighted by molar-refractivity contribution is 7.80. The fourth-order valence-corrected chi connectivity index (χ4v) is 2.83. The SMILES string of the molecule is FC(F)(F)c1cccc(NC(=S)N2CCN=C2NCc2ccccc2)c1. The van der Waals surface area contributed by atoms with Crippen molar-refractivity contribution in [2.45, 2.75) is 12.7 Å². The number of anilines is 1. The molecule has 1 heterocycles. The number of alkyl halides is 3. The summed E-state index contributed by atoms with van der Waals surface area (Å²) in [4.78, 5) is 6.12. The van der Waals surface area contributed by atoms with Gasteiger partial charge >= 0.3 is 6.18 Å². The van der Waals surface area contributed by atoms with E-state index in [-0.39, 0.29) is 0 Å². The van der Waals surface area contributed by atoms with Crippen LogP contribution < -0.4 is 10.6 Å². The molecule has 1 aliphatic rings. The minimum absolute atomic E-state index is 0.291. The smallest absolute Gasteiger partial charge is 0.352 e. The quantitative estimate of drug-likeness (QED) is 0.796. The van der Waals surface area contributed by atoms with Crippen LogP contribution in [0.2, 0.25) is 0 Å². The van der Waals surface area contributed by atoms with Gasteiger partial charge in [-0.05, 0) is 36.0 Å². The lowest BCUT2D eigenvalue weighted by atomic mass is 10.2. The summed E-state index contributed by atoms with van der Waals surface area (Å²) >= 11 is 5.35. The van der Waals surface area contributed by atoms with Crippen molar-refractivity contribution in [3.8, 4) is 0 Å². The number of nitrogens with zero attached hydrogens (tertiary/aromatic N) is 2. The molecular formula is C18H17F3N4S. The van der Waals surface area contributed by atoms with E-state index in [0.29, 0.717) is 36.4 Å². The highest BCUT2D eigenvalue weighted by Gasteiger charge is 2.30. The Labute approximate surface area is 154 Å². The minimum Gasteiger partial charge on any atom is -0.352 e. The summed E-state index contributed by atoms with van der Waals surface area (Å²) in [6.07, 6.45) is -4.39. The second-order valence-corrected chi connectivity index (χ2v) is 6.09. The molecular weight excluding hydrogens is 361 g/mol. The predicted molar refractivity (Wildman–Crippen MR) is 100.0 cm³/mol. The lowest BCUT2D eigenvalue weighted by molar-refractivity contribution is -0.137. The Hall–Kier alpha value is -2.61. The largest absolute Gasteiger partial charge is 0.416 e. The molecule has 3 rings (SSSR count). The van der Waals surface area contributed by atoms with Gasteiger partial charge in [-0.25, -0.2) is 0 Å². The molecule has 2 aromatic carbocycles. The van der Waals surface area contributed by atoms with Crippen LogP contribution in [0.25, 0.3) is 0 Å². The van der Waals surface area contributed by atoms with Crippen molar-refractivity contribution < 1.29 is 13.2 Å². The number of rotatable bonds is 3. The highest BCUT2D eigenvalue weighted by atomic mass is 32.1. The molecule has 0 saturated heterocycles. The third-order valence-corrected chi connectivity index (χ3v) is 4.14. The summed E-state index contributed by atoms with van der Waals surface area (Å²) in [5, 5.41) is 6.39. The first kappa shape index (κ1) is 18.2. The molecule has 0 unspecified atom stereocenters. The van der Waals surface area contributed by atoms with Gasteiger partial charge in [0.25, 0.3) is 0 Å². The minimum atomic E-state index is -4.39. The van der Waals surface area contributed by atoms with Crippen molar-refractivity contribution in [2.75, 3.05) is 18.4 Å². The van der Waals surface area contributed by atoms with Crippen molar-refractivity contribution in [1.82, 2.24) is 10.2 Å². The van der Waals surface area contributed by atoms with E-state index in [1.54, 1.807) is 11.0 Å². The van der Waals surface area contributed by atoms with Gasteiger partial charge in [0.2, 0.25) is 5.96 Å². The molecule has 0 fully saturated rings. The molecule has 0 aromatic heterocycles. The number of guanidine groups is 1. The zero-order valence-electron chi connectivity index (χ0n) is 13.8. The first-order chi connectivity index (χ1) is 12.4. The Kier molecular flexibility index (Phi) is 5.41. The van der Waals surface area contributed by atoms with Crippen LogP contribution in [-0.4, -0.2) is 29.1 Å². The molecule has 0 spiro atoms. The predicted octanol–water partition coefficient (Wildman–Crippen LogP) is 3.86. The fourth-order valence-electron chi connectivity index (χ4n) is 2.54. The van der Waals surface area contributed by atoms with E-state index in [9.17, 15) is 13.2 Å². The van der Waals surface area contributed by atoms with E-state index in [1.807, 2.05) is 30.3 Å². The molecule has 0 bridgehead atoms. The lowest BCUT2D eigenvalue weighted by Crippen LogP contribution is -2.44. The second-order valence-electron chi connectivity index (χ2n) is 5.70. The first-order valence-electron chi connectivity index (χ1n) is 8.01. The first-order valence-corrected chi connectivity index (χ1v) is 8.42. The molecule has 136 valence electrons. The summed E-state index contributed by atoms with van der Waals surface area (Å²) in [6, 6.07) is 14.8. The maximum absolute atomic E-state index is 12.8. The number of thiocarbonyl (C=S) groups is 1. The summed E-state index contributed by atoms with van der Waals surface area (Å²) in [5.41, 5.74) is 0.667. The molecule has 4 nitrogen and oxygen atoms in total. The van der Waals surface area contributed by atoms with Crippen LogP contribution in [0.3, 0.4) is 0 Å². The maximum Gasteiger partial charge on any atom is 0.416 e. The molecule has 8 heteroatoms. The average Bonchev–Trinajstić information content (AvgIpc) is 3.09. The van der Waals surface area contributed by atoms with Gasteiger partial charge in [-0.3, -0.25) is 9.89 Å². The van der Waals surface area contributed by atoms with E-state index < -0.39 is 11.7 Å². The van der Waals surface area contributed by atoms with Crippen LogP contribution in [-0.2, 0) is 12.7 Å². The van der Waals surface area contributed by atoms with Crippen molar-refractivity contribution in [3.63, 3.8) is 0 Å². The lowest BCUT2D eigenvalue weighted by Gasteiger charge is -2.23. The van der Waals surface area contributed by atoms with Crippen LogP contribution in [0.15, 0.2) is 59.6 Å². The monoisotopic (exact) mass is 378 g/mol. The van der Waals surface area contributed by atoms with Crippen LogP contribution in [0.4, 0.5) is 18.9 Å². The number of aliphatic imine (C=N–C) groups is 1. The van der Waals surface area contributed by atoms with E-state index in [0.717, 1.165) is 17.7 Å². The van der Waals surface area contributed by atoms with Gasteiger partial charge in [0.1, 0.15) is 0 Å². The Bertz CT molecular complexity index is 806. The van der Waals surface area contributed by atoms with Crippen molar-refractivity contribution in [2.24, 2.45) is 4.99 Å². The molecule has 0 amide bonds. The number of nitrogens with one attached hydrogen (secondary N) is 2. The second kappa shape index (κ2) is 7.74. The van der Waals surface area contributed by atoms with Gasteiger partial charge < -0.3 is 10.6 Å². The van der Waals surface area contributed by atoms with E-state index in [4.69, 9.17) is 12.2 Å². The van der Waals surface area contributed by atoms with Crippen molar-refractivity contribution in [3.05, 3.63) is 65.7 Å². The Morgan fingerprint density at radius 1 is 1.12 bits per heavy atom. The van der Waals surface area contributed by atoms with Crippen LogP contribution >= 0.6 is 12.2 Å². The van der Waals surface area contributed by atoms with Gasteiger partial charge in [0.05, 0.1) is 12.1 Å². The highest BCUT2D eigenvalue weighted by Crippen LogP contribution is 2.30. The normalized spacial score (nSPS) is 14.1. The maximum atomic E-state index is 12.8. The van der Waals surface area contributed by atoms with Gasteiger partial charge in [-0.15, -0.1) is 0 Å². The van der Waals surface area contributed by atoms with E-state index in [1.165, 1.54) is 6.07 Å². The summed E-state index contributed by atoms with van der Waals surface area (Å²) < 4.78 is 38.5. The fraction of sp³-hybridized carbons (Fsp3) is 0.222. The Morgan fingerprint density at radius 2 is 1.88 bits per heavy atom. The molecule has 0 aliphatic carbocycles. The molecule has 0 radical (unpaired) electrons. The third kappa shape index (κ3) is 4.51. The summed E-state index contributed by atoms with van der Waals surface area (Å²) in [7, 11) is 0. The molecule has 2 aromatic rings. The number of halogens is 3. The molecule has 2 N–H and O–H groups in total. The van der Waals surface area contributed by atoms with Crippen LogP contribution in [0.5, 0.6) is 0 Å². The molecule has 1 aliphatic heterocycles. The zero-order valence-corrected chi connectivity index (χ0v) is 14.6.